The van der Waals surface area contributed by atoms with E-state index in [1.54, 1.807) is 0 Å². The van der Waals surface area contributed by atoms with Crippen molar-refractivity contribution in [2.24, 2.45) is 5.73 Å². The number of nitrogens with two attached hydrogens (primary N) is 1. The number of hydrogen-bond acceptors (Lipinski definition) is 7. The van der Waals surface area contributed by atoms with Crippen molar-refractivity contribution in [1.82, 2.24) is 24.7 Å². The van der Waals surface area contributed by atoms with E-state index in [-0.39, 0.29) is 0 Å². The minimum atomic E-state index is -1.02. The van der Waals surface area contributed by atoms with Crippen LogP contribution in [-0.4, -0.2) is 50.0 Å². The Morgan fingerprint density at radius 3 is 2.96 bits per heavy atom. The fourth-order valence-electron chi connectivity index (χ4n) is 3.04. The second-order valence-electron chi connectivity index (χ2n) is 6.12. The number of piperidine rings is 1. The Hall–Kier alpha value is -2.20. The van der Waals surface area contributed by atoms with Crippen molar-refractivity contribution in [3.8, 4) is 0 Å². The van der Waals surface area contributed by atoms with Crippen molar-refractivity contribution in [1.29, 1.82) is 0 Å². The summed E-state index contributed by atoms with van der Waals surface area (Å²) in [6.45, 7) is 3.12. The maximum Gasteiger partial charge on any atom is 0.208 e. The van der Waals surface area contributed by atoms with Crippen molar-refractivity contribution in [3.63, 3.8) is 0 Å². The number of aryl methyl sites for hydroxylation is 1. The number of nitrogens with zero attached hydrogens (tertiary/aromatic N) is 6. The minimum absolute atomic E-state index is 0.337. The number of imidazole rings is 1. The van der Waals surface area contributed by atoms with E-state index in [2.05, 4.69) is 20.2 Å². The number of aromatic nitrogens is 5. The van der Waals surface area contributed by atoms with E-state index in [0.717, 1.165) is 16.2 Å². The van der Waals surface area contributed by atoms with E-state index in [1.807, 2.05) is 16.4 Å². The molecule has 4 heterocycles. The summed E-state index contributed by atoms with van der Waals surface area (Å²) < 4.78 is 29.3. The topological polar surface area (TPSA) is 85.8 Å². The van der Waals surface area contributed by atoms with Crippen LogP contribution in [0.1, 0.15) is 16.4 Å². The van der Waals surface area contributed by atoms with Crippen LogP contribution in [0, 0.1) is 12.7 Å². The third-order valence-electron chi connectivity index (χ3n) is 4.27. The van der Waals surface area contributed by atoms with Crippen LogP contribution in [0.15, 0.2) is 12.3 Å². The highest BCUT2D eigenvalue weighted by Crippen LogP contribution is 2.27. The molecule has 10 heteroatoms. The molecular weight excluding hydrogens is 348 g/mol. The summed E-state index contributed by atoms with van der Waals surface area (Å²) in [5.74, 6) is 0.163. The lowest BCUT2D eigenvalue weighted by Gasteiger charge is -2.33. The lowest BCUT2D eigenvalue weighted by atomic mass is 10.1. The van der Waals surface area contributed by atoms with Gasteiger partial charge in [-0.15, -0.1) is 10.2 Å². The molecule has 2 atom stereocenters. The monoisotopic (exact) mass is 365 g/mol. The first-order valence-electron chi connectivity index (χ1n) is 7.96. The molecule has 2 N–H and O–H groups in total. The van der Waals surface area contributed by atoms with Gasteiger partial charge in [-0.25, -0.2) is 13.8 Å². The molecule has 1 unspecified atom stereocenters. The summed E-state index contributed by atoms with van der Waals surface area (Å²) in [5.41, 5.74) is 6.89. The molecule has 0 aromatic carbocycles. The van der Waals surface area contributed by atoms with Crippen molar-refractivity contribution in [2.75, 3.05) is 18.0 Å². The molecule has 0 saturated carbocycles. The smallest absolute Gasteiger partial charge is 0.208 e. The third kappa shape index (κ3) is 3.07. The maximum absolute atomic E-state index is 13.7. The van der Waals surface area contributed by atoms with E-state index in [9.17, 15) is 8.78 Å². The molecule has 4 rings (SSSR count). The summed E-state index contributed by atoms with van der Waals surface area (Å²) in [6, 6.07) is 0.824. The molecular formula is C15H17F2N7S. The first-order valence-corrected chi connectivity index (χ1v) is 8.78. The molecule has 0 radical (unpaired) electrons. The van der Waals surface area contributed by atoms with Gasteiger partial charge in [-0.1, -0.05) is 11.3 Å². The molecule has 25 heavy (non-hydrogen) atoms. The van der Waals surface area contributed by atoms with Gasteiger partial charge >= 0.3 is 0 Å². The summed E-state index contributed by atoms with van der Waals surface area (Å²) in [4.78, 5) is 10.5. The first-order chi connectivity index (χ1) is 12.0. The van der Waals surface area contributed by atoms with Gasteiger partial charge in [0, 0.05) is 19.2 Å². The number of pyridine rings is 1. The van der Waals surface area contributed by atoms with Crippen molar-refractivity contribution < 1.29 is 8.78 Å². The summed E-state index contributed by atoms with van der Waals surface area (Å²) in [6.07, 6.45) is 0.456. The Morgan fingerprint density at radius 2 is 2.24 bits per heavy atom. The van der Waals surface area contributed by atoms with Crippen LogP contribution >= 0.6 is 11.3 Å². The second kappa shape index (κ2) is 6.26. The summed E-state index contributed by atoms with van der Waals surface area (Å²) in [7, 11) is 0. The van der Waals surface area contributed by atoms with E-state index >= 15 is 0 Å². The molecule has 7 nitrogen and oxygen atoms in total. The number of halogens is 2. The lowest BCUT2D eigenvalue weighted by Crippen LogP contribution is -2.50. The molecule has 1 fully saturated rings. The van der Waals surface area contributed by atoms with Crippen molar-refractivity contribution >= 4 is 28.4 Å². The zero-order valence-corrected chi connectivity index (χ0v) is 14.4. The quantitative estimate of drug-likeness (QED) is 0.760. The van der Waals surface area contributed by atoms with Crippen LogP contribution in [0.5, 0.6) is 0 Å². The molecule has 0 amide bonds. The summed E-state index contributed by atoms with van der Waals surface area (Å²) in [5, 5.41) is 9.79. The third-order valence-corrected chi connectivity index (χ3v) is 5.09. The average molecular weight is 365 g/mol. The highest BCUT2D eigenvalue weighted by Gasteiger charge is 2.29. The van der Waals surface area contributed by atoms with Crippen LogP contribution < -0.4 is 10.6 Å². The van der Waals surface area contributed by atoms with Crippen molar-refractivity contribution in [2.45, 2.75) is 32.1 Å². The number of hydrogen-bond donors (Lipinski definition) is 1. The van der Waals surface area contributed by atoms with E-state index in [0.29, 0.717) is 43.2 Å². The van der Waals surface area contributed by atoms with Gasteiger partial charge in [0.15, 0.2) is 5.65 Å². The molecule has 0 spiro atoms. The highest BCUT2D eigenvalue weighted by atomic mass is 32.1. The van der Waals surface area contributed by atoms with Crippen LogP contribution in [0.2, 0.25) is 0 Å². The maximum atomic E-state index is 13.7. The lowest BCUT2D eigenvalue weighted by molar-refractivity contribution is 0.243. The Bertz CT molecular complexity index is 909. The zero-order valence-electron chi connectivity index (χ0n) is 13.6. The molecule has 3 aromatic rings. The van der Waals surface area contributed by atoms with Gasteiger partial charge in [-0.05, 0) is 13.3 Å². The zero-order chi connectivity index (χ0) is 17.6. The van der Waals surface area contributed by atoms with Crippen LogP contribution in [0.3, 0.4) is 0 Å². The fraction of sp³-hybridized carbons (Fsp3) is 0.467. The SMILES string of the molecule is Cc1nnc(Cn2c(N3CCC(F)[C@H](N)C3)nc3ncc(F)cc32)s1. The van der Waals surface area contributed by atoms with Crippen LogP contribution in [-0.2, 0) is 6.54 Å². The number of alkyl halides is 1. The Morgan fingerprint density at radius 1 is 1.40 bits per heavy atom. The Kier molecular flexibility index (Phi) is 4.08. The minimum Gasteiger partial charge on any atom is -0.340 e. The van der Waals surface area contributed by atoms with Gasteiger partial charge in [0.05, 0.1) is 24.3 Å². The Labute approximate surface area is 146 Å². The molecule has 1 aliphatic rings. The number of rotatable bonds is 3. The average Bonchev–Trinajstić information content (AvgIpc) is 3.14. The first kappa shape index (κ1) is 16.3. The molecule has 0 aliphatic carbocycles. The van der Waals surface area contributed by atoms with Gasteiger partial charge < -0.3 is 15.2 Å². The fourth-order valence-corrected chi connectivity index (χ4v) is 3.74. The Balaban J connectivity index is 1.78. The van der Waals surface area contributed by atoms with Gasteiger partial charge in [0.1, 0.15) is 22.0 Å². The highest BCUT2D eigenvalue weighted by molar-refractivity contribution is 7.11. The largest absolute Gasteiger partial charge is 0.340 e. The molecule has 132 valence electrons. The molecule has 0 bridgehead atoms. The van der Waals surface area contributed by atoms with Gasteiger partial charge in [-0.3, -0.25) is 0 Å². The van der Waals surface area contributed by atoms with E-state index in [4.69, 9.17) is 5.73 Å². The second-order valence-corrected chi connectivity index (χ2v) is 7.39. The normalized spacial score (nSPS) is 21.2. The predicted octanol–water partition coefficient (Wildman–Crippen LogP) is 1.65. The molecule has 1 saturated heterocycles. The van der Waals surface area contributed by atoms with E-state index < -0.39 is 18.0 Å². The van der Waals surface area contributed by atoms with E-state index in [1.165, 1.54) is 17.4 Å². The standard InChI is InChI=1S/C15H17F2N7S/c1-8-21-22-13(25-8)7-24-12-4-9(16)5-19-14(12)20-15(24)23-3-2-10(17)11(18)6-23/h4-5,10-11H,2-3,6-7,18H2,1H3/t10?,11-/m1/s1. The number of anilines is 1. The van der Waals surface area contributed by atoms with Crippen molar-refractivity contribution in [3.05, 3.63) is 28.1 Å². The summed E-state index contributed by atoms with van der Waals surface area (Å²) >= 11 is 1.47. The van der Waals surface area contributed by atoms with Crippen LogP contribution in [0.25, 0.3) is 11.2 Å². The van der Waals surface area contributed by atoms with Crippen LogP contribution in [0.4, 0.5) is 14.7 Å². The molecule has 3 aromatic heterocycles. The van der Waals surface area contributed by atoms with Gasteiger partial charge in [0.25, 0.3) is 0 Å². The predicted molar refractivity (Wildman–Crippen MR) is 90.9 cm³/mol. The van der Waals surface area contributed by atoms with Gasteiger partial charge in [-0.2, -0.15) is 4.98 Å². The number of fused-ring (bicyclic) bond motifs is 1. The van der Waals surface area contributed by atoms with Gasteiger partial charge in [0.2, 0.25) is 5.95 Å². The molecule has 1 aliphatic heterocycles.